The normalized spacial score (nSPS) is 10.2. The average Bonchev–Trinajstić information content (AvgIpc) is 2.39. The Bertz CT molecular complexity index is 706. The molecule has 3 rings (SSSR count). The lowest BCUT2D eigenvalue weighted by Crippen LogP contribution is -1.83. The van der Waals surface area contributed by atoms with E-state index in [1.807, 2.05) is 0 Å². The first kappa shape index (κ1) is 10.3. The fraction of sp³-hybridized carbons (Fsp3) is 0. The lowest BCUT2D eigenvalue weighted by Gasteiger charge is -2.05. The van der Waals surface area contributed by atoms with Crippen molar-refractivity contribution in [3.05, 3.63) is 60.2 Å². The Morgan fingerprint density at radius 2 is 1.29 bits per heavy atom. The summed E-state index contributed by atoms with van der Waals surface area (Å²) in [5.74, 6) is 3.16. The van der Waals surface area contributed by atoms with Crippen LogP contribution >= 0.6 is 0 Å². The molecule has 0 saturated carbocycles. The summed E-state index contributed by atoms with van der Waals surface area (Å²) in [6.45, 7) is 0. The highest BCUT2D eigenvalue weighted by Crippen LogP contribution is 2.27. The van der Waals surface area contributed by atoms with Crippen LogP contribution in [0.15, 0.2) is 54.6 Å². The Hall–Kier alpha value is -1.91. The van der Waals surface area contributed by atoms with Crippen molar-refractivity contribution in [3.63, 3.8) is 0 Å². The fourth-order valence-electron chi connectivity index (χ4n) is 2.21. The Morgan fingerprint density at radius 3 is 1.82 bits per heavy atom. The molecule has 0 aromatic heterocycles. The molecule has 3 aromatic carbocycles. The second-order valence-corrected chi connectivity index (χ2v) is 4.19. The quantitative estimate of drug-likeness (QED) is 0.318. The van der Waals surface area contributed by atoms with Crippen molar-refractivity contribution in [2.24, 2.45) is 0 Å². The first-order chi connectivity index (χ1) is 8.40. The lowest BCUT2D eigenvalue weighted by atomic mass is 9.97. The Balaban J connectivity index is 2.59. The van der Waals surface area contributed by atoms with Crippen molar-refractivity contribution >= 4 is 34.2 Å². The second-order valence-electron chi connectivity index (χ2n) is 3.94. The number of hydrogen-bond donors (Lipinski definition) is 0. The molecule has 0 aliphatic heterocycles. The summed E-state index contributed by atoms with van der Waals surface area (Å²) in [7, 11) is 0. The molecular weight excluding hydrogens is 224 g/mol. The summed E-state index contributed by atoms with van der Waals surface area (Å²) < 4.78 is 0. The Labute approximate surface area is 106 Å². The minimum atomic E-state index is 1.09. The molecule has 17 heavy (non-hydrogen) atoms. The molecule has 0 unspecified atom stereocenters. The predicted octanol–water partition coefficient (Wildman–Crippen LogP) is 3.31. The van der Waals surface area contributed by atoms with E-state index in [-0.39, 0.29) is 0 Å². The largest absolute Gasteiger partial charge is 0.152 e. The van der Waals surface area contributed by atoms with Crippen molar-refractivity contribution in [1.29, 1.82) is 0 Å². The molecule has 3 aromatic rings. The molecule has 0 radical (unpaired) electrons. The first-order valence-electron chi connectivity index (χ1n) is 5.48. The summed E-state index contributed by atoms with van der Waals surface area (Å²) in [6.07, 6.45) is 0. The lowest BCUT2D eigenvalue weighted by molar-refractivity contribution is 1.74. The van der Waals surface area contributed by atoms with E-state index in [2.05, 4.69) is 78.4 Å². The van der Waals surface area contributed by atoms with E-state index in [9.17, 15) is 0 Å². The molecule has 0 N–H and O–H groups in total. The van der Waals surface area contributed by atoms with E-state index >= 15 is 0 Å². The van der Waals surface area contributed by atoms with Crippen molar-refractivity contribution in [3.8, 4) is 11.2 Å². The third-order valence-electron chi connectivity index (χ3n) is 2.96. The van der Waals surface area contributed by atoms with Gasteiger partial charge >= 0.3 is 0 Å². The van der Waals surface area contributed by atoms with Crippen LogP contribution in [0, 0.1) is 11.2 Å². The van der Waals surface area contributed by atoms with Gasteiger partial charge in [-0.1, -0.05) is 48.5 Å². The van der Waals surface area contributed by atoms with E-state index in [1.165, 1.54) is 21.5 Å². The summed E-state index contributed by atoms with van der Waals surface area (Å²) in [4.78, 5) is 0. The summed E-state index contributed by atoms with van der Waals surface area (Å²) in [5.41, 5.74) is 1.09. The highest BCUT2D eigenvalue weighted by atomic mass is 32.1. The molecule has 0 atom stereocenters. The molecule has 1 heteroatoms. The third kappa shape index (κ3) is 1.67. The van der Waals surface area contributed by atoms with E-state index in [4.69, 9.17) is 0 Å². The van der Waals surface area contributed by atoms with E-state index in [1.54, 1.807) is 0 Å². The maximum atomic E-state index is 3.25. The highest BCUT2D eigenvalue weighted by molar-refractivity contribution is 7.64. The summed E-state index contributed by atoms with van der Waals surface area (Å²) in [6, 6.07) is 18.9. The van der Waals surface area contributed by atoms with Crippen LogP contribution in [0.2, 0.25) is 0 Å². The monoisotopic (exact) mass is 235 g/mol. The molecule has 0 heterocycles. The van der Waals surface area contributed by atoms with Gasteiger partial charge in [-0.05, 0) is 33.5 Å². The van der Waals surface area contributed by atoms with Crippen LogP contribution in [0.25, 0.3) is 21.5 Å². The predicted molar refractivity (Wildman–Crippen MR) is 78.5 cm³/mol. The van der Waals surface area contributed by atoms with Gasteiger partial charge in [-0.15, -0.1) is 0 Å². The van der Waals surface area contributed by atoms with Crippen molar-refractivity contribution < 1.29 is 0 Å². The molecule has 80 valence electrons. The van der Waals surface area contributed by atoms with Gasteiger partial charge in [0.1, 0.15) is 0 Å². The van der Waals surface area contributed by atoms with Gasteiger partial charge in [0.25, 0.3) is 0 Å². The molecule has 0 amide bonds. The van der Waals surface area contributed by atoms with Gasteiger partial charge in [-0.2, -0.15) is 0 Å². The van der Waals surface area contributed by atoms with Crippen molar-refractivity contribution in [2.45, 2.75) is 0 Å². The number of hydrogen-bond acceptors (Lipinski definition) is 0. The molecule has 0 saturated heterocycles. The van der Waals surface area contributed by atoms with Crippen molar-refractivity contribution in [1.82, 2.24) is 0 Å². The summed E-state index contributed by atoms with van der Waals surface area (Å²) >= 11 is 3.25. The van der Waals surface area contributed by atoms with Crippen LogP contribution in [0.4, 0.5) is 0 Å². The molecule has 0 spiro atoms. The number of fused-ring (bicyclic) bond motifs is 2. The smallest absolute Gasteiger partial charge is 0.0616 e. The molecule has 0 aliphatic rings. The highest BCUT2D eigenvalue weighted by Gasteiger charge is 2.04. The van der Waals surface area contributed by atoms with Gasteiger partial charge in [0.2, 0.25) is 0 Å². The van der Waals surface area contributed by atoms with E-state index in [0.717, 1.165) is 5.56 Å². The van der Waals surface area contributed by atoms with Crippen LogP contribution in [-0.4, -0.2) is 0 Å². The van der Waals surface area contributed by atoms with Gasteiger partial charge < -0.3 is 0 Å². The van der Waals surface area contributed by atoms with Gasteiger partial charge in [-0.25, -0.2) is 0 Å². The summed E-state index contributed by atoms with van der Waals surface area (Å²) in [5, 5.41) is 7.70. The average molecular weight is 235 g/mol. The molecule has 0 nitrogen and oxygen atoms in total. The topological polar surface area (TPSA) is 0 Å². The third-order valence-corrected chi connectivity index (χ3v) is 3.08. The van der Waals surface area contributed by atoms with Gasteiger partial charge in [-0.3, -0.25) is 0 Å². The van der Waals surface area contributed by atoms with Crippen LogP contribution < -0.4 is 0 Å². The van der Waals surface area contributed by atoms with Crippen LogP contribution in [0.1, 0.15) is 5.56 Å². The first-order valence-corrected chi connectivity index (χ1v) is 5.98. The zero-order valence-corrected chi connectivity index (χ0v) is 10.2. The van der Waals surface area contributed by atoms with Gasteiger partial charge in [0.05, 0.1) is 0 Å². The molecular formula is C16H11S+. The van der Waals surface area contributed by atoms with Crippen LogP contribution in [0.5, 0.6) is 0 Å². The van der Waals surface area contributed by atoms with Crippen molar-refractivity contribution in [2.75, 3.05) is 0 Å². The van der Waals surface area contributed by atoms with Crippen LogP contribution in [0.3, 0.4) is 0 Å². The van der Waals surface area contributed by atoms with E-state index < -0.39 is 0 Å². The molecule has 0 bridgehead atoms. The Kier molecular flexibility index (Phi) is 2.51. The Morgan fingerprint density at radius 1 is 0.765 bits per heavy atom. The number of benzene rings is 3. The zero-order valence-electron chi connectivity index (χ0n) is 9.20. The molecule has 0 fully saturated rings. The standard InChI is InChI=1S/C16H10S/c17-10-9-16-14-7-3-1-5-12(14)11-13-6-2-4-8-15(13)16/h1-8,11,17H/p+1. The second kappa shape index (κ2) is 4.16. The van der Waals surface area contributed by atoms with Gasteiger partial charge in [0.15, 0.2) is 5.25 Å². The minimum absolute atomic E-state index is 1.09. The van der Waals surface area contributed by atoms with Crippen LogP contribution in [-0.2, 0) is 12.6 Å². The fourth-order valence-corrected chi connectivity index (χ4v) is 2.34. The maximum Gasteiger partial charge on any atom is 0.152 e. The van der Waals surface area contributed by atoms with Gasteiger partial charge in [0, 0.05) is 18.2 Å². The zero-order chi connectivity index (χ0) is 11.7. The SMILES string of the molecule is [SH2+]C#Cc1c2ccccc2cc2ccccc12. The molecule has 0 aliphatic carbocycles. The maximum absolute atomic E-state index is 3.25. The number of rotatable bonds is 0. The van der Waals surface area contributed by atoms with E-state index in [0.29, 0.717) is 0 Å². The minimum Gasteiger partial charge on any atom is -0.0616 e.